The van der Waals surface area contributed by atoms with E-state index in [1.54, 1.807) is 0 Å². The van der Waals surface area contributed by atoms with Crippen molar-refractivity contribution in [2.75, 3.05) is 0 Å². The van der Waals surface area contributed by atoms with Gasteiger partial charge in [-0.15, -0.1) is 0 Å². The molecule has 0 aromatic rings. The standard InChI is InChI=1S/C35H24O4/c1-11-21-28(18-8)37-32(25-15-5)35(31(36)24-14-4,33(26-16-6)38-29(19-9)22-12-2)34(27-17-7)39-30(20-10)23-13-3/h18-20,36H,1-10H2. The number of hydrogen-bond donors (Lipinski definition) is 1. The van der Waals surface area contributed by atoms with Gasteiger partial charge in [-0.3, -0.25) is 0 Å². The van der Waals surface area contributed by atoms with E-state index in [1.165, 1.54) is 18.2 Å². The fourth-order valence-electron chi connectivity index (χ4n) is 2.58. The Hall–Kier alpha value is -6.48. The number of aliphatic hydroxyl groups excluding tert-OH is 1. The Balaban J connectivity index is 8.96. The minimum Gasteiger partial charge on any atom is -0.502 e. The van der Waals surface area contributed by atoms with Gasteiger partial charge in [-0.05, 0) is 104 Å². The molecule has 0 aliphatic rings. The van der Waals surface area contributed by atoms with Gasteiger partial charge in [0.1, 0.15) is 0 Å². The van der Waals surface area contributed by atoms with Crippen LogP contribution in [0.15, 0.2) is 205 Å². The molecule has 4 nitrogen and oxygen atoms in total. The van der Waals surface area contributed by atoms with E-state index in [2.05, 4.69) is 146 Å². The van der Waals surface area contributed by atoms with E-state index >= 15 is 0 Å². The molecule has 1 N–H and O–H groups in total. The summed E-state index contributed by atoms with van der Waals surface area (Å²) in [6.45, 7) is 35.6. The summed E-state index contributed by atoms with van der Waals surface area (Å²) < 4.78 is 18.0. The molecular weight excluding hydrogens is 484 g/mol. The van der Waals surface area contributed by atoms with Gasteiger partial charge in [-0.25, -0.2) is 0 Å². The highest BCUT2D eigenvalue weighted by Crippen LogP contribution is 2.50. The molecule has 0 spiro atoms. The Morgan fingerprint density at radius 1 is 0.462 bits per heavy atom. The molecule has 0 saturated carbocycles. The van der Waals surface area contributed by atoms with Gasteiger partial charge < -0.3 is 19.3 Å². The fourth-order valence-corrected chi connectivity index (χ4v) is 2.58. The number of allylic oxidation sites excluding steroid dienone is 3. The Morgan fingerprint density at radius 2 is 0.718 bits per heavy atom. The quantitative estimate of drug-likeness (QED) is 0.156. The minimum absolute atomic E-state index is 0.0256. The second-order valence-corrected chi connectivity index (χ2v) is 6.21. The average molecular weight is 509 g/mol. The molecule has 0 rings (SSSR count). The van der Waals surface area contributed by atoms with Crippen LogP contribution in [0.25, 0.3) is 0 Å². The highest BCUT2D eigenvalue weighted by atomic mass is 16.5. The summed E-state index contributed by atoms with van der Waals surface area (Å²) in [6, 6.07) is 0. The zero-order chi connectivity index (χ0) is 29.7. The van der Waals surface area contributed by atoms with Crippen molar-refractivity contribution in [1.29, 1.82) is 0 Å². The highest BCUT2D eigenvalue weighted by Gasteiger charge is 2.54. The smallest absolute Gasteiger partial charge is 0.233 e. The summed E-state index contributed by atoms with van der Waals surface area (Å²) in [7, 11) is 0. The second kappa shape index (κ2) is 17.9. The number of ether oxygens (including phenoxy) is 3. The zero-order valence-corrected chi connectivity index (χ0v) is 21.5. The third-order valence-electron chi connectivity index (χ3n) is 4.02. The summed E-state index contributed by atoms with van der Waals surface area (Å²) in [6.07, 6.45) is 3.85. The van der Waals surface area contributed by atoms with Crippen LogP contribution in [0.2, 0.25) is 0 Å². The van der Waals surface area contributed by atoms with Crippen molar-refractivity contribution >= 4 is 0 Å². The summed E-state index contributed by atoms with van der Waals surface area (Å²) in [5, 5.41) is 11.6. The lowest BCUT2D eigenvalue weighted by molar-refractivity contribution is 0.110. The molecule has 0 aromatic carbocycles. The van der Waals surface area contributed by atoms with Gasteiger partial charge in [-0.1, -0.05) is 59.9 Å². The molecular formula is C35H24O4. The highest BCUT2D eigenvalue weighted by molar-refractivity contribution is 5.45. The summed E-state index contributed by atoms with van der Waals surface area (Å²) in [4.78, 5) is 0. The molecule has 39 heavy (non-hydrogen) atoms. The van der Waals surface area contributed by atoms with Crippen molar-refractivity contribution in [1.82, 2.24) is 0 Å². The van der Waals surface area contributed by atoms with Crippen molar-refractivity contribution in [3.63, 3.8) is 0 Å². The van der Waals surface area contributed by atoms with Crippen molar-refractivity contribution in [2.45, 2.75) is 0 Å². The first-order valence-corrected chi connectivity index (χ1v) is 10.5. The van der Waals surface area contributed by atoms with E-state index in [0.717, 1.165) is 0 Å². The largest absolute Gasteiger partial charge is 0.502 e. The Bertz CT molecular complexity index is 1520. The summed E-state index contributed by atoms with van der Waals surface area (Å²) >= 11 is 0. The van der Waals surface area contributed by atoms with Crippen LogP contribution in [0, 0.1) is 5.41 Å². The van der Waals surface area contributed by atoms with Crippen LogP contribution >= 0.6 is 0 Å². The van der Waals surface area contributed by atoms with E-state index < -0.39 is 11.2 Å². The van der Waals surface area contributed by atoms with Crippen LogP contribution in [0.4, 0.5) is 0 Å². The van der Waals surface area contributed by atoms with Gasteiger partial charge in [0.2, 0.25) is 5.41 Å². The first kappa shape index (κ1) is 32.5. The summed E-state index contributed by atoms with van der Waals surface area (Å²) in [5.74, 6) is -1.77. The van der Waals surface area contributed by atoms with E-state index in [-0.39, 0.29) is 34.6 Å². The van der Waals surface area contributed by atoms with Crippen molar-refractivity contribution in [2.24, 2.45) is 5.41 Å². The van der Waals surface area contributed by atoms with Gasteiger partial charge in [0, 0.05) is 0 Å². The molecule has 0 saturated heterocycles. The number of aliphatic hydroxyl groups is 1. The first-order chi connectivity index (χ1) is 18.8. The minimum atomic E-state index is -2.27. The van der Waals surface area contributed by atoms with Gasteiger partial charge in [-0.2, -0.15) is 0 Å². The van der Waals surface area contributed by atoms with Crippen molar-refractivity contribution in [3.8, 4) is 0 Å². The predicted octanol–water partition coefficient (Wildman–Crippen LogP) is 7.91. The van der Waals surface area contributed by atoms with Gasteiger partial charge in [0.15, 0.2) is 40.3 Å². The van der Waals surface area contributed by atoms with Crippen molar-refractivity contribution in [3.05, 3.63) is 205 Å². The molecule has 0 amide bonds. The fraction of sp³-hybridized carbons (Fsp3) is 0.0286. The monoisotopic (exact) mass is 508 g/mol. The van der Waals surface area contributed by atoms with Gasteiger partial charge in [0.05, 0.1) is 0 Å². The van der Waals surface area contributed by atoms with Gasteiger partial charge >= 0.3 is 0 Å². The summed E-state index contributed by atoms with van der Waals surface area (Å²) in [5.41, 5.74) is 33.1. The Labute approximate surface area is 229 Å². The van der Waals surface area contributed by atoms with E-state index in [4.69, 9.17) is 14.2 Å². The molecule has 0 aliphatic carbocycles. The van der Waals surface area contributed by atoms with Crippen LogP contribution in [-0.2, 0) is 14.2 Å². The predicted molar refractivity (Wildman–Crippen MR) is 152 cm³/mol. The SMILES string of the molecule is C=C=C=C(C=C)OC(=C=C=C)C(C(O)=C=C=C)(C(=C=C=C)OC(=C=C=C)C=C)C(=C=C=C)OC(=C=C=C)C=C. The number of rotatable bonds is 13. The molecule has 0 bridgehead atoms. The van der Waals surface area contributed by atoms with Crippen LogP contribution in [0.3, 0.4) is 0 Å². The molecule has 0 heterocycles. The van der Waals surface area contributed by atoms with Crippen LogP contribution in [0.1, 0.15) is 0 Å². The average Bonchev–Trinajstić information content (AvgIpc) is 2.92. The molecule has 0 radical (unpaired) electrons. The van der Waals surface area contributed by atoms with Crippen LogP contribution < -0.4 is 0 Å². The van der Waals surface area contributed by atoms with Crippen molar-refractivity contribution < 1.29 is 19.3 Å². The van der Waals surface area contributed by atoms with E-state index in [0.29, 0.717) is 0 Å². The van der Waals surface area contributed by atoms with E-state index in [9.17, 15) is 5.11 Å². The Kier molecular flexibility index (Phi) is 14.9. The van der Waals surface area contributed by atoms with Crippen LogP contribution in [0.5, 0.6) is 0 Å². The molecule has 188 valence electrons. The molecule has 0 fully saturated rings. The molecule has 0 aliphatic heterocycles. The lowest BCUT2D eigenvalue weighted by Gasteiger charge is -2.33. The molecule has 0 atom stereocenters. The lowest BCUT2D eigenvalue weighted by Crippen LogP contribution is -2.33. The van der Waals surface area contributed by atoms with Crippen LogP contribution in [-0.4, -0.2) is 5.11 Å². The zero-order valence-electron chi connectivity index (χ0n) is 21.5. The first-order valence-electron chi connectivity index (χ1n) is 10.5. The third-order valence-corrected chi connectivity index (χ3v) is 4.02. The molecule has 0 unspecified atom stereocenters. The topological polar surface area (TPSA) is 47.9 Å². The van der Waals surface area contributed by atoms with Gasteiger partial charge in [0.25, 0.3) is 0 Å². The lowest BCUT2D eigenvalue weighted by atomic mass is 9.79. The Morgan fingerprint density at radius 3 is 0.923 bits per heavy atom. The van der Waals surface area contributed by atoms with E-state index in [1.807, 2.05) is 0 Å². The molecule has 0 aromatic heterocycles. The number of hydrogen-bond acceptors (Lipinski definition) is 4. The molecule has 4 heteroatoms. The maximum atomic E-state index is 11.6. The third kappa shape index (κ3) is 8.60. The second-order valence-electron chi connectivity index (χ2n) is 6.21. The maximum Gasteiger partial charge on any atom is 0.233 e. The maximum absolute atomic E-state index is 11.6. The normalized spacial score (nSPS) is 8.92.